The Morgan fingerprint density at radius 1 is 1.16 bits per heavy atom. The van der Waals surface area contributed by atoms with Gasteiger partial charge >= 0.3 is 0 Å². The third-order valence-corrected chi connectivity index (χ3v) is 3.65. The van der Waals surface area contributed by atoms with Crippen LogP contribution in [0.1, 0.15) is 12.5 Å². The summed E-state index contributed by atoms with van der Waals surface area (Å²) in [5, 5.41) is 11.5. The normalized spacial score (nSPS) is 11.5. The molecule has 0 saturated heterocycles. The summed E-state index contributed by atoms with van der Waals surface area (Å²) in [7, 11) is 0. The number of fused-ring (bicyclic) bond motifs is 1. The van der Waals surface area contributed by atoms with Gasteiger partial charge in [0.1, 0.15) is 6.54 Å². The van der Waals surface area contributed by atoms with E-state index >= 15 is 0 Å². The maximum Gasteiger partial charge on any atom is 0.244 e. The van der Waals surface area contributed by atoms with Crippen LogP contribution in [0, 0.1) is 11.3 Å². The molecule has 1 aliphatic rings. The van der Waals surface area contributed by atoms with Gasteiger partial charge in [-0.1, -0.05) is 0 Å². The zero-order valence-electron chi connectivity index (χ0n) is 13.5. The van der Waals surface area contributed by atoms with E-state index in [-0.39, 0.29) is 25.2 Å². The molecule has 3 rings (SSSR count). The Morgan fingerprint density at radius 3 is 2.56 bits per heavy atom. The molecule has 0 fully saturated rings. The van der Waals surface area contributed by atoms with Crippen LogP contribution in [-0.4, -0.2) is 25.2 Å². The molecule has 25 heavy (non-hydrogen) atoms. The fraction of sp³-hybridized carbons (Fsp3) is 0.167. The second-order valence-electron chi connectivity index (χ2n) is 5.38. The largest absolute Gasteiger partial charge is 0.454 e. The molecule has 0 atom stereocenters. The van der Waals surface area contributed by atoms with Gasteiger partial charge < -0.3 is 19.7 Å². The molecule has 1 N–H and O–H groups in total. The van der Waals surface area contributed by atoms with Gasteiger partial charge in [0, 0.05) is 24.4 Å². The van der Waals surface area contributed by atoms with Crippen LogP contribution < -0.4 is 19.7 Å². The minimum absolute atomic E-state index is 0.137. The van der Waals surface area contributed by atoms with Crippen LogP contribution in [0.2, 0.25) is 0 Å². The number of nitrogens with zero attached hydrogens (tertiary/aromatic N) is 2. The highest BCUT2D eigenvalue weighted by Gasteiger charge is 2.20. The molecule has 7 heteroatoms. The van der Waals surface area contributed by atoms with Gasteiger partial charge in [-0.3, -0.25) is 9.59 Å². The van der Waals surface area contributed by atoms with Gasteiger partial charge in [0.15, 0.2) is 11.5 Å². The number of nitriles is 1. The zero-order valence-corrected chi connectivity index (χ0v) is 13.5. The second kappa shape index (κ2) is 6.93. The Morgan fingerprint density at radius 2 is 1.88 bits per heavy atom. The van der Waals surface area contributed by atoms with Gasteiger partial charge in [0.05, 0.1) is 11.6 Å². The predicted octanol–water partition coefficient (Wildman–Crippen LogP) is 2.28. The van der Waals surface area contributed by atoms with Crippen LogP contribution in [0.3, 0.4) is 0 Å². The number of carbonyl (C=O) groups excluding carboxylic acids is 2. The summed E-state index contributed by atoms with van der Waals surface area (Å²) in [5.41, 5.74) is 1.61. The molecule has 0 aliphatic carbocycles. The Labute approximate surface area is 144 Å². The third kappa shape index (κ3) is 3.70. The minimum Gasteiger partial charge on any atom is -0.454 e. The predicted molar refractivity (Wildman–Crippen MR) is 90.4 cm³/mol. The third-order valence-electron chi connectivity index (χ3n) is 3.65. The molecule has 0 radical (unpaired) electrons. The number of benzene rings is 2. The highest BCUT2D eigenvalue weighted by atomic mass is 16.7. The molecule has 0 unspecified atom stereocenters. The second-order valence-corrected chi connectivity index (χ2v) is 5.38. The van der Waals surface area contributed by atoms with Crippen molar-refractivity contribution in [2.75, 3.05) is 23.6 Å². The first-order chi connectivity index (χ1) is 12.1. The fourth-order valence-corrected chi connectivity index (χ4v) is 2.41. The summed E-state index contributed by atoms with van der Waals surface area (Å²) in [6, 6.07) is 13.6. The van der Waals surface area contributed by atoms with Crippen LogP contribution >= 0.6 is 0 Å². The average molecular weight is 337 g/mol. The molecule has 1 heterocycles. The van der Waals surface area contributed by atoms with Crippen molar-refractivity contribution in [1.29, 1.82) is 5.26 Å². The molecule has 126 valence electrons. The highest BCUT2D eigenvalue weighted by molar-refractivity contribution is 6.02. The molecular weight excluding hydrogens is 322 g/mol. The molecule has 0 bridgehead atoms. The van der Waals surface area contributed by atoms with Gasteiger partial charge in [0.2, 0.25) is 18.6 Å². The maximum atomic E-state index is 12.3. The lowest BCUT2D eigenvalue weighted by Gasteiger charge is -2.21. The number of nitrogens with one attached hydrogen (secondary N) is 1. The van der Waals surface area contributed by atoms with Crippen molar-refractivity contribution in [2.24, 2.45) is 0 Å². The Kier molecular flexibility index (Phi) is 4.53. The van der Waals surface area contributed by atoms with E-state index in [9.17, 15) is 9.59 Å². The molecule has 2 aromatic carbocycles. The van der Waals surface area contributed by atoms with E-state index in [2.05, 4.69) is 5.32 Å². The molecule has 2 aromatic rings. The van der Waals surface area contributed by atoms with Crippen molar-refractivity contribution in [1.82, 2.24) is 0 Å². The summed E-state index contributed by atoms with van der Waals surface area (Å²) in [5.74, 6) is 0.525. The molecule has 7 nitrogen and oxygen atoms in total. The Balaban J connectivity index is 1.72. The molecule has 0 saturated carbocycles. The smallest absolute Gasteiger partial charge is 0.244 e. The number of amides is 2. The summed E-state index contributed by atoms with van der Waals surface area (Å²) in [4.78, 5) is 25.6. The number of ether oxygens (including phenoxy) is 2. The summed E-state index contributed by atoms with van der Waals surface area (Å²) in [6.45, 7) is 1.38. The van der Waals surface area contributed by atoms with Gasteiger partial charge in [-0.25, -0.2) is 0 Å². The summed E-state index contributed by atoms with van der Waals surface area (Å²) >= 11 is 0. The maximum absolute atomic E-state index is 12.3. The van der Waals surface area contributed by atoms with E-state index in [1.165, 1.54) is 11.8 Å². The van der Waals surface area contributed by atoms with E-state index in [0.29, 0.717) is 28.4 Å². The van der Waals surface area contributed by atoms with Gasteiger partial charge in [-0.15, -0.1) is 0 Å². The van der Waals surface area contributed by atoms with E-state index in [1.807, 2.05) is 6.07 Å². The first-order valence-electron chi connectivity index (χ1n) is 7.54. The van der Waals surface area contributed by atoms with E-state index < -0.39 is 0 Å². The topological polar surface area (TPSA) is 91.7 Å². The van der Waals surface area contributed by atoms with Crippen molar-refractivity contribution < 1.29 is 19.1 Å². The highest BCUT2D eigenvalue weighted by Crippen LogP contribution is 2.35. The van der Waals surface area contributed by atoms with Gasteiger partial charge in [-0.2, -0.15) is 5.26 Å². The van der Waals surface area contributed by atoms with Crippen LogP contribution in [0.4, 0.5) is 11.4 Å². The van der Waals surface area contributed by atoms with Crippen molar-refractivity contribution >= 4 is 23.2 Å². The van der Waals surface area contributed by atoms with Crippen LogP contribution in [-0.2, 0) is 9.59 Å². The average Bonchev–Trinajstić information content (AvgIpc) is 3.07. The first kappa shape index (κ1) is 16.3. The number of hydrogen-bond acceptors (Lipinski definition) is 5. The molecule has 0 spiro atoms. The number of carbonyl (C=O) groups is 2. The lowest BCUT2D eigenvalue weighted by atomic mass is 10.2. The van der Waals surface area contributed by atoms with Crippen molar-refractivity contribution in [3.05, 3.63) is 48.0 Å². The summed E-state index contributed by atoms with van der Waals surface area (Å²) in [6.07, 6.45) is 0. The van der Waals surface area contributed by atoms with Crippen molar-refractivity contribution in [3.8, 4) is 17.6 Å². The zero-order chi connectivity index (χ0) is 17.8. The number of hydrogen-bond donors (Lipinski definition) is 1. The summed E-state index contributed by atoms with van der Waals surface area (Å²) < 4.78 is 10.5. The minimum atomic E-state index is -0.349. The Bertz CT molecular complexity index is 856. The lowest BCUT2D eigenvalue weighted by molar-refractivity contribution is -0.120. The first-order valence-corrected chi connectivity index (χ1v) is 7.54. The van der Waals surface area contributed by atoms with E-state index in [1.54, 1.807) is 42.5 Å². The number of anilines is 2. The molecule has 1 aliphatic heterocycles. The van der Waals surface area contributed by atoms with Crippen molar-refractivity contribution in [3.63, 3.8) is 0 Å². The lowest BCUT2D eigenvalue weighted by Crippen LogP contribution is -2.36. The quantitative estimate of drug-likeness (QED) is 0.924. The van der Waals surface area contributed by atoms with E-state index in [4.69, 9.17) is 14.7 Å². The SMILES string of the molecule is CC(=O)N(CC(=O)Nc1ccc(C#N)cc1)c1ccc2c(c1)OCO2. The van der Waals surface area contributed by atoms with E-state index in [0.717, 1.165) is 0 Å². The fourth-order valence-electron chi connectivity index (χ4n) is 2.41. The molecule has 0 aromatic heterocycles. The van der Waals surface area contributed by atoms with Gasteiger partial charge in [-0.05, 0) is 36.4 Å². The van der Waals surface area contributed by atoms with Crippen LogP contribution in [0.5, 0.6) is 11.5 Å². The van der Waals surface area contributed by atoms with Crippen LogP contribution in [0.15, 0.2) is 42.5 Å². The van der Waals surface area contributed by atoms with Gasteiger partial charge in [0.25, 0.3) is 0 Å². The molecular formula is C18H15N3O4. The monoisotopic (exact) mass is 337 g/mol. The molecule has 2 amide bonds. The standard InChI is InChI=1S/C18H15N3O4/c1-12(22)21(15-6-7-16-17(8-15)25-11-24-16)10-18(23)20-14-4-2-13(9-19)3-5-14/h2-8H,10-11H2,1H3,(H,20,23). The Hall–Kier alpha value is -3.53. The number of rotatable bonds is 4. The van der Waals surface area contributed by atoms with Crippen LogP contribution in [0.25, 0.3) is 0 Å². The van der Waals surface area contributed by atoms with Crippen molar-refractivity contribution in [2.45, 2.75) is 6.92 Å².